The molecule has 0 aliphatic carbocycles. The van der Waals surface area contributed by atoms with Crippen molar-refractivity contribution in [2.24, 2.45) is 11.8 Å². The average molecular weight is 569 g/mol. The largest absolute Gasteiger partial charge is 0.513 e. The summed E-state index contributed by atoms with van der Waals surface area (Å²) in [5.74, 6) is 0.406. The monoisotopic (exact) mass is 568 g/mol. The van der Waals surface area contributed by atoms with Crippen LogP contribution in [0.25, 0.3) is 0 Å². The molecule has 0 bridgehead atoms. The van der Waals surface area contributed by atoms with E-state index in [-0.39, 0.29) is 23.4 Å². The lowest BCUT2D eigenvalue weighted by Crippen LogP contribution is -2.32. The molecule has 1 heterocycles. The molecule has 1 N–H and O–H groups in total. The van der Waals surface area contributed by atoms with Gasteiger partial charge >= 0.3 is 6.09 Å². The van der Waals surface area contributed by atoms with E-state index in [0.29, 0.717) is 24.4 Å². The summed E-state index contributed by atoms with van der Waals surface area (Å²) in [5.41, 5.74) is 5.24. The molecule has 0 aromatic heterocycles. The Morgan fingerprint density at radius 3 is 2.27 bits per heavy atom. The molecular formula is C34H39BNO4S. The van der Waals surface area contributed by atoms with E-state index in [4.69, 9.17) is 4.74 Å². The standard InChI is InChI=1S/C34H39BNO4S/c1-22-18-25(19-23(2)31(22)35-34(4,5)24(3)37)12-13-27-20-36(33(39)40-28-10-8-7-9-11-28)21-30(27)32(38)26-14-16-29(41-6)17-15-26/h7-11,14-19,27,30,37H,3,12-13,20-21H2,1-2,4-6H3. The first-order valence-electron chi connectivity index (χ1n) is 14.0. The molecule has 41 heavy (non-hydrogen) atoms. The maximum absolute atomic E-state index is 13.7. The van der Waals surface area contributed by atoms with Crippen molar-refractivity contribution in [3.05, 3.63) is 101 Å². The first-order valence-corrected chi connectivity index (χ1v) is 15.3. The lowest BCUT2D eigenvalue weighted by molar-refractivity contribution is 0.0895. The van der Waals surface area contributed by atoms with Gasteiger partial charge in [0.15, 0.2) is 13.1 Å². The number of para-hydroxylation sites is 1. The van der Waals surface area contributed by atoms with Gasteiger partial charge in [0.05, 0.1) is 5.76 Å². The molecule has 1 amide bonds. The SMILES string of the molecule is C=C(O)C(C)(C)[B]c1c(C)cc(CCC2CN(C(=O)Oc3ccccc3)CC2C(=O)c2ccc(SC)cc2)cc1C. The van der Waals surface area contributed by atoms with Crippen LogP contribution in [0.5, 0.6) is 5.75 Å². The maximum Gasteiger partial charge on any atom is 0.415 e. The fourth-order valence-electron chi connectivity index (χ4n) is 5.47. The van der Waals surface area contributed by atoms with Crippen molar-refractivity contribution in [3.63, 3.8) is 0 Å². The Labute approximate surface area is 249 Å². The molecule has 213 valence electrons. The number of aliphatic hydroxyl groups is 1. The van der Waals surface area contributed by atoms with Crippen molar-refractivity contribution < 1.29 is 19.4 Å². The highest BCUT2D eigenvalue weighted by Crippen LogP contribution is 2.33. The summed E-state index contributed by atoms with van der Waals surface area (Å²) in [6.07, 6.45) is 3.15. The van der Waals surface area contributed by atoms with Crippen LogP contribution in [0.15, 0.2) is 84.0 Å². The van der Waals surface area contributed by atoms with Crippen LogP contribution in [0.4, 0.5) is 4.79 Å². The predicted molar refractivity (Wildman–Crippen MR) is 169 cm³/mol. The zero-order valence-electron chi connectivity index (χ0n) is 24.6. The number of nitrogens with zero attached hydrogens (tertiary/aromatic N) is 1. The number of carbonyl (C=O) groups excluding carboxylic acids is 2. The maximum atomic E-state index is 13.7. The van der Waals surface area contributed by atoms with E-state index >= 15 is 0 Å². The van der Waals surface area contributed by atoms with Crippen molar-refractivity contribution >= 4 is 36.4 Å². The van der Waals surface area contributed by atoms with Crippen LogP contribution < -0.4 is 10.2 Å². The minimum Gasteiger partial charge on any atom is -0.513 e. The summed E-state index contributed by atoms with van der Waals surface area (Å²) in [7, 11) is 2.06. The van der Waals surface area contributed by atoms with Crippen LogP contribution in [0, 0.1) is 25.7 Å². The Bertz CT molecular complexity index is 1380. The van der Waals surface area contributed by atoms with Gasteiger partial charge in [0.1, 0.15) is 5.75 Å². The second kappa shape index (κ2) is 13.0. The van der Waals surface area contributed by atoms with E-state index in [0.717, 1.165) is 34.3 Å². The molecule has 3 aromatic carbocycles. The van der Waals surface area contributed by atoms with Gasteiger partial charge in [0.25, 0.3) is 0 Å². The molecule has 2 atom stereocenters. The molecule has 1 saturated heterocycles. The third-order valence-electron chi connectivity index (χ3n) is 8.07. The van der Waals surface area contributed by atoms with Crippen molar-refractivity contribution in [2.45, 2.75) is 50.7 Å². The number of aliphatic hydroxyl groups excluding tert-OH is 1. The Kier molecular flexibility index (Phi) is 9.70. The van der Waals surface area contributed by atoms with Gasteiger partial charge in [-0.2, -0.15) is 0 Å². The summed E-state index contributed by atoms with van der Waals surface area (Å²) in [4.78, 5) is 29.6. The highest BCUT2D eigenvalue weighted by molar-refractivity contribution is 7.98. The summed E-state index contributed by atoms with van der Waals surface area (Å²) in [5, 5.41) is 9.49. The second-order valence-electron chi connectivity index (χ2n) is 11.5. The third kappa shape index (κ3) is 7.45. The number of allylic oxidation sites excluding steroid dienone is 1. The van der Waals surface area contributed by atoms with Gasteiger partial charge in [-0.05, 0) is 74.0 Å². The van der Waals surface area contributed by atoms with Gasteiger partial charge in [0.2, 0.25) is 0 Å². The van der Waals surface area contributed by atoms with Gasteiger partial charge < -0.3 is 14.7 Å². The summed E-state index contributed by atoms with van der Waals surface area (Å²) >= 11 is 1.64. The number of hydrogen-bond acceptors (Lipinski definition) is 5. The summed E-state index contributed by atoms with van der Waals surface area (Å²) in [6.45, 7) is 12.6. The Hall–Kier alpha value is -3.45. The summed E-state index contributed by atoms with van der Waals surface area (Å²) in [6, 6.07) is 21.1. The predicted octanol–water partition coefficient (Wildman–Crippen LogP) is 7.19. The number of benzene rings is 3. The molecule has 2 unspecified atom stereocenters. The Morgan fingerprint density at radius 1 is 1.05 bits per heavy atom. The topological polar surface area (TPSA) is 66.8 Å². The molecule has 1 aliphatic heterocycles. The number of thioether (sulfide) groups is 1. The smallest absolute Gasteiger partial charge is 0.415 e. The minimum absolute atomic E-state index is 0.00884. The van der Waals surface area contributed by atoms with E-state index in [1.165, 1.54) is 5.56 Å². The van der Waals surface area contributed by atoms with Gasteiger partial charge in [-0.3, -0.25) is 4.79 Å². The molecule has 0 saturated carbocycles. The first kappa shape index (κ1) is 30.5. The van der Waals surface area contributed by atoms with Crippen LogP contribution in [0.3, 0.4) is 0 Å². The van der Waals surface area contributed by atoms with Gasteiger partial charge in [-0.25, -0.2) is 4.79 Å². The van der Waals surface area contributed by atoms with Crippen LogP contribution in [0.2, 0.25) is 5.31 Å². The van der Waals surface area contributed by atoms with Crippen LogP contribution >= 0.6 is 11.8 Å². The zero-order valence-corrected chi connectivity index (χ0v) is 25.5. The highest BCUT2D eigenvalue weighted by Gasteiger charge is 2.40. The van der Waals surface area contributed by atoms with E-state index in [9.17, 15) is 14.7 Å². The number of hydrogen-bond donors (Lipinski definition) is 1. The molecule has 1 fully saturated rings. The second-order valence-corrected chi connectivity index (χ2v) is 12.4. The fourth-order valence-corrected chi connectivity index (χ4v) is 5.87. The Balaban J connectivity index is 1.52. The van der Waals surface area contributed by atoms with Crippen LogP contribution in [-0.2, 0) is 6.42 Å². The number of Topliss-reactive ketones (excluding diaryl/α,β-unsaturated/α-hetero) is 1. The van der Waals surface area contributed by atoms with Crippen molar-refractivity contribution in [1.29, 1.82) is 0 Å². The van der Waals surface area contributed by atoms with Gasteiger partial charge in [-0.15, -0.1) is 11.8 Å². The third-order valence-corrected chi connectivity index (χ3v) is 8.81. The molecule has 5 nitrogen and oxygen atoms in total. The highest BCUT2D eigenvalue weighted by atomic mass is 32.2. The molecule has 7 heteroatoms. The number of likely N-dealkylation sites (tertiary alicyclic amines) is 1. The minimum atomic E-state index is -0.527. The first-order chi connectivity index (χ1) is 19.5. The van der Waals surface area contributed by atoms with E-state index in [1.807, 2.05) is 62.6 Å². The van der Waals surface area contributed by atoms with E-state index < -0.39 is 11.4 Å². The summed E-state index contributed by atoms with van der Waals surface area (Å²) < 4.78 is 5.62. The Morgan fingerprint density at radius 2 is 1.68 bits per heavy atom. The van der Waals surface area contributed by atoms with E-state index in [1.54, 1.807) is 28.8 Å². The lowest BCUT2D eigenvalue weighted by atomic mass is 9.48. The zero-order chi connectivity index (χ0) is 29.7. The van der Waals surface area contributed by atoms with Crippen molar-refractivity contribution in [1.82, 2.24) is 4.90 Å². The normalized spacial score (nSPS) is 16.9. The fraction of sp³-hybridized carbons (Fsp3) is 0.353. The number of carbonyl (C=O) groups is 2. The molecule has 0 spiro atoms. The lowest BCUT2D eigenvalue weighted by Gasteiger charge is -2.25. The molecule has 3 aromatic rings. The molecule has 4 rings (SSSR count). The number of ketones is 1. The quantitative estimate of drug-likeness (QED) is 0.121. The van der Waals surface area contributed by atoms with E-state index in [2.05, 4.69) is 39.8 Å². The number of amides is 1. The van der Waals surface area contributed by atoms with Gasteiger partial charge in [-0.1, -0.05) is 79.5 Å². The van der Waals surface area contributed by atoms with Crippen LogP contribution in [0.1, 0.15) is 47.3 Å². The molecule has 1 radical (unpaired) electrons. The average Bonchev–Trinajstić information content (AvgIpc) is 3.38. The number of ether oxygens (including phenoxy) is 1. The van der Waals surface area contributed by atoms with Crippen molar-refractivity contribution in [3.8, 4) is 5.75 Å². The number of aryl methyl sites for hydroxylation is 3. The van der Waals surface area contributed by atoms with Gasteiger partial charge in [0, 0.05) is 29.5 Å². The van der Waals surface area contributed by atoms with Crippen molar-refractivity contribution in [2.75, 3.05) is 19.3 Å². The molecular weight excluding hydrogens is 529 g/mol. The molecule has 1 aliphatic rings. The number of rotatable bonds is 10. The van der Waals surface area contributed by atoms with Crippen LogP contribution in [-0.4, -0.2) is 48.5 Å².